The normalized spacial score (nSPS) is 17.6. The van der Waals surface area contributed by atoms with Crippen LogP contribution in [0.15, 0.2) is 54.6 Å². The zero-order chi connectivity index (χ0) is 16.8. The molecule has 3 nitrogen and oxygen atoms in total. The summed E-state index contributed by atoms with van der Waals surface area (Å²) in [6, 6.07) is 18.3. The highest BCUT2D eigenvalue weighted by Gasteiger charge is 2.18. The van der Waals surface area contributed by atoms with E-state index in [0.29, 0.717) is 13.2 Å². The molecule has 0 aliphatic carbocycles. The zero-order valence-electron chi connectivity index (χ0n) is 14.4. The lowest BCUT2D eigenvalue weighted by Crippen LogP contribution is -2.40. The molecule has 0 saturated carbocycles. The molecule has 1 fully saturated rings. The Bertz CT molecular complexity index is 603. The summed E-state index contributed by atoms with van der Waals surface area (Å²) in [5.74, 6) is 1.62. The SMILES string of the molecule is CC1CCN(C[C@H](O)COc2ccc(-c3ccccc3)cc2)CC1. The van der Waals surface area contributed by atoms with E-state index in [4.69, 9.17) is 4.74 Å². The third-order valence-corrected chi connectivity index (χ3v) is 4.75. The second kappa shape index (κ2) is 8.32. The molecule has 1 N–H and O–H groups in total. The van der Waals surface area contributed by atoms with Gasteiger partial charge in [0, 0.05) is 6.54 Å². The van der Waals surface area contributed by atoms with E-state index >= 15 is 0 Å². The van der Waals surface area contributed by atoms with Gasteiger partial charge in [-0.1, -0.05) is 49.4 Å². The summed E-state index contributed by atoms with van der Waals surface area (Å²) in [6.45, 7) is 5.52. The van der Waals surface area contributed by atoms with Crippen molar-refractivity contribution in [2.24, 2.45) is 5.92 Å². The Hall–Kier alpha value is -1.84. The van der Waals surface area contributed by atoms with E-state index in [1.54, 1.807) is 0 Å². The summed E-state index contributed by atoms with van der Waals surface area (Å²) < 4.78 is 5.74. The number of β-amino-alcohol motifs (C(OH)–C–C–N with tert-alkyl or cyclic N) is 1. The Balaban J connectivity index is 1.46. The number of aliphatic hydroxyl groups is 1. The Morgan fingerprint density at radius 2 is 1.62 bits per heavy atom. The predicted octanol–water partition coefficient (Wildman–Crippen LogP) is 3.83. The average Bonchev–Trinajstić information content (AvgIpc) is 2.63. The lowest BCUT2D eigenvalue weighted by molar-refractivity contribution is 0.0563. The van der Waals surface area contributed by atoms with Gasteiger partial charge in [-0.2, -0.15) is 0 Å². The fourth-order valence-electron chi connectivity index (χ4n) is 3.16. The topological polar surface area (TPSA) is 32.7 Å². The van der Waals surface area contributed by atoms with Gasteiger partial charge in [-0.3, -0.25) is 0 Å². The van der Waals surface area contributed by atoms with Gasteiger partial charge in [0.1, 0.15) is 18.5 Å². The number of likely N-dealkylation sites (tertiary alicyclic amines) is 1. The molecule has 24 heavy (non-hydrogen) atoms. The average molecular weight is 325 g/mol. The number of hydrogen-bond donors (Lipinski definition) is 1. The highest BCUT2D eigenvalue weighted by Crippen LogP contribution is 2.22. The maximum absolute atomic E-state index is 10.2. The summed E-state index contributed by atoms with van der Waals surface area (Å²) >= 11 is 0. The minimum absolute atomic E-state index is 0.344. The maximum atomic E-state index is 10.2. The van der Waals surface area contributed by atoms with Gasteiger partial charge in [0.2, 0.25) is 0 Å². The fraction of sp³-hybridized carbons (Fsp3) is 0.429. The Kier molecular flexibility index (Phi) is 5.89. The minimum Gasteiger partial charge on any atom is -0.491 e. The highest BCUT2D eigenvalue weighted by atomic mass is 16.5. The zero-order valence-corrected chi connectivity index (χ0v) is 14.4. The van der Waals surface area contributed by atoms with Crippen molar-refractivity contribution in [2.45, 2.75) is 25.9 Å². The molecule has 1 saturated heterocycles. The van der Waals surface area contributed by atoms with E-state index in [1.807, 2.05) is 30.3 Å². The van der Waals surface area contributed by atoms with Gasteiger partial charge >= 0.3 is 0 Å². The van der Waals surface area contributed by atoms with Crippen molar-refractivity contribution in [1.82, 2.24) is 4.90 Å². The van der Waals surface area contributed by atoms with Gasteiger partial charge < -0.3 is 14.7 Å². The van der Waals surface area contributed by atoms with Gasteiger partial charge in [0.25, 0.3) is 0 Å². The monoisotopic (exact) mass is 325 g/mol. The molecule has 0 radical (unpaired) electrons. The van der Waals surface area contributed by atoms with Crippen LogP contribution in [-0.4, -0.2) is 42.4 Å². The molecule has 0 bridgehead atoms. The third kappa shape index (κ3) is 4.83. The van der Waals surface area contributed by atoms with Gasteiger partial charge in [-0.05, 0) is 55.1 Å². The van der Waals surface area contributed by atoms with E-state index in [0.717, 1.165) is 24.8 Å². The molecule has 2 aromatic rings. The van der Waals surface area contributed by atoms with Crippen LogP contribution < -0.4 is 4.74 Å². The molecule has 0 aromatic heterocycles. The molecule has 2 aromatic carbocycles. The molecule has 0 amide bonds. The van der Waals surface area contributed by atoms with Crippen molar-refractivity contribution in [3.05, 3.63) is 54.6 Å². The summed E-state index contributed by atoms with van der Waals surface area (Å²) in [5, 5.41) is 10.2. The van der Waals surface area contributed by atoms with Crippen LogP contribution in [0, 0.1) is 5.92 Å². The molecular formula is C21H27NO2. The smallest absolute Gasteiger partial charge is 0.119 e. The van der Waals surface area contributed by atoms with Gasteiger partial charge in [0.15, 0.2) is 0 Å². The van der Waals surface area contributed by atoms with Crippen LogP contribution >= 0.6 is 0 Å². The molecular weight excluding hydrogens is 298 g/mol. The molecule has 1 aliphatic rings. The Morgan fingerprint density at radius 3 is 2.29 bits per heavy atom. The summed E-state index contributed by atoms with van der Waals surface area (Å²) in [7, 11) is 0. The maximum Gasteiger partial charge on any atom is 0.119 e. The van der Waals surface area contributed by atoms with Gasteiger partial charge in [-0.25, -0.2) is 0 Å². The molecule has 3 heteroatoms. The van der Waals surface area contributed by atoms with Crippen LogP contribution in [0.5, 0.6) is 5.75 Å². The summed E-state index contributed by atoms with van der Waals surface area (Å²) in [5.41, 5.74) is 2.37. The standard InChI is InChI=1S/C21H27NO2/c1-17-11-13-22(14-12-17)15-20(23)16-24-21-9-7-19(8-10-21)18-5-3-2-4-6-18/h2-10,17,20,23H,11-16H2,1H3/t20-/m0/s1. The number of ether oxygens (including phenoxy) is 1. The van der Waals surface area contributed by atoms with Crippen LogP contribution in [0.3, 0.4) is 0 Å². The Labute approximate surface area is 144 Å². The third-order valence-electron chi connectivity index (χ3n) is 4.75. The number of piperidine rings is 1. The van der Waals surface area contributed by atoms with Crippen molar-refractivity contribution in [1.29, 1.82) is 0 Å². The van der Waals surface area contributed by atoms with Crippen LogP contribution in [0.25, 0.3) is 11.1 Å². The lowest BCUT2D eigenvalue weighted by atomic mass is 9.99. The molecule has 1 aliphatic heterocycles. The van der Waals surface area contributed by atoms with Crippen molar-refractivity contribution < 1.29 is 9.84 Å². The second-order valence-electron chi connectivity index (χ2n) is 6.84. The largest absolute Gasteiger partial charge is 0.491 e. The first-order valence-electron chi connectivity index (χ1n) is 8.89. The van der Waals surface area contributed by atoms with Crippen molar-refractivity contribution in [3.63, 3.8) is 0 Å². The first-order valence-corrected chi connectivity index (χ1v) is 8.89. The predicted molar refractivity (Wildman–Crippen MR) is 98.2 cm³/mol. The van der Waals surface area contributed by atoms with Crippen LogP contribution in [0.4, 0.5) is 0 Å². The van der Waals surface area contributed by atoms with E-state index < -0.39 is 6.10 Å². The summed E-state index contributed by atoms with van der Waals surface area (Å²) in [6.07, 6.45) is 2.02. The van der Waals surface area contributed by atoms with E-state index in [1.165, 1.54) is 24.0 Å². The molecule has 0 spiro atoms. The fourth-order valence-corrected chi connectivity index (χ4v) is 3.16. The van der Waals surface area contributed by atoms with Crippen LogP contribution in [-0.2, 0) is 0 Å². The van der Waals surface area contributed by atoms with Crippen molar-refractivity contribution in [3.8, 4) is 16.9 Å². The quantitative estimate of drug-likeness (QED) is 0.876. The van der Waals surface area contributed by atoms with Gasteiger partial charge in [-0.15, -0.1) is 0 Å². The van der Waals surface area contributed by atoms with E-state index in [2.05, 4.69) is 36.1 Å². The first-order chi connectivity index (χ1) is 11.7. The van der Waals surface area contributed by atoms with Crippen LogP contribution in [0.1, 0.15) is 19.8 Å². The molecule has 0 unspecified atom stereocenters. The molecule has 1 heterocycles. The minimum atomic E-state index is -0.438. The van der Waals surface area contributed by atoms with Crippen molar-refractivity contribution >= 4 is 0 Å². The first kappa shape index (κ1) is 17.0. The summed E-state index contributed by atoms with van der Waals surface area (Å²) in [4.78, 5) is 2.34. The second-order valence-corrected chi connectivity index (χ2v) is 6.84. The number of benzene rings is 2. The lowest BCUT2D eigenvalue weighted by Gasteiger charge is -2.31. The number of nitrogens with zero attached hydrogens (tertiary/aromatic N) is 1. The Morgan fingerprint density at radius 1 is 1.00 bits per heavy atom. The highest BCUT2D eigenvalue weighted by molar-refractivity contribution is 5.63. The number of rotatable bonds is 6. The molecule has 3 rings (SSSR count). The molecule has 1 atom stereocenters. The van der Waals surface area contributed by atoms with Crippen LogP contribution in [0.2, 0.25) is 0 Å². The number of aliphatic hydroxyl groups excluding tert-OH is 1. The van der Waals surface area contributed by atoms with Crippen molar-refractivity contribution in [2.75, 3.05) is 26.2 Å². The molecule has 128 valence electrons. The number of hydrogen-bond acceptors (Lipinski definition) is 3. The van der Waals surface area contributed by atoms with E-state index in [9.17, 15) is 5.11 Å². The van der Waals surface area contributed by atoms with E-state index in [-0.39, 0.29) is 0 Å². The van der Waals surface area contributed by atoms with Gasteiger partial charge in [0.05, 0.1) is 0 Å².